The van der Waals surface area contributed by atoms with Gasteiger partial charge in [-0.05, 0) is 37.1 Å². The smallest absolute Gasteiger partial charge is 0.221 e. The first-order valence-electron chi connectivity index (χ1n) is 6.02. The summed E-state index contributed by atoms with van der Waals surface area (Å²) in [6.07, 6.45) is 1.80. The second kappa shape index (κ2) is 5.67. The molecule has 0 unspecified atom stereocenters. The van der Waals surface area contributed by atoms with Crippen LogP contribution in [0.1, 0.15) is 18.4 Å². The van der Waals surface area contributed by atoms with Crippen molar-refractivity contribution in [1.82, 2.24) is 4.90 Å². The van der Waals surface area contributed by atoms with E-state index in [0.717, 1.165) is 24.9 Å². The van der Waals surface area contributed by atoms with E-state index >= 15 is 0 Å². The zero-order valence-corrected chi connectivity index (χ0v) is 10.8. The van der Waals surface area contributed by atoms with Crippen molar-refractivity contribution in [2.24, 2.45) is 11.7 Å². The molecule has 0 bridgehead atoms. The molecule has 1 heterocycles. The number of nitrogens with zero attached hydrogens (tertiary/aromatic N) is 1. The van der Waals surface area contributed by atoms with Gasteiger partial charge in [0.15, 0.2) is 0 Å². The van der Waals surface area contributed by atoms with E-state index in [1.165, 1.54) is 12.1 Å². The summed E-state index contributed by atoms with van der Waals surface area (Å²) < 4.78 is 12.9. The highest BCUT2D eigenvalue weighted by Crippen LogP contribution is 2.22. The molecule has 1 atom stereocenters. The number of carbonyl (C=O) groups excluding carboxylic acids is 1. The Bertz CT molecular complexity index is 453. The predicted octanol–water partition coefficient (Wildman–Crippen LogP) is 2.18. The van der Waals surface area contributed by atoms with Crippen LogP contribution in [0.25, 0.3) is 0 Å². The maximum Gasteiger partial charge on any atom is 0.221 e. The van der Waals surface area contributed by atoms with E-state index in [1.807, 2.05) is 0 Å². The van der Waals surface area contributed by atoms with Gasteiger partial charge >= 0.3 is 0 Å². The van der Waals surface area contributed by atoms with Crippen LogP contribution in [0.5, 0.6) is 0 Å². The molecule has 18 heavy (non-hydrogen) atoms. The van der Waals surface area contributed by atoms with Crippen LogP contribution in [0.2, 0.25) is 5.02 Å². The van der Waals surface area contributed by atoms with Crippen molar-refractivity contribution >= 4 is 17.5 Å². The van der Waals surface area contributed by atoms with Crippen molar-refractivity contribution in [3.05, 3.63) is 34.6 Å². The van der Waals surface area contributed by atoms with E-state index in [1.54, 1.807) is 6.07 Å². The Hall–Kier alpha value is -1.13. The molecule has 1 aliphatic heterocycles. The number of hydrogen-bond donors (Lipinski definition) is 1. The van der Waals surface area contributed by atoms with Gasteiger partial charge in [0, 0.05) is 18.1 Å². The average Bonchev–Trinajstić information content (AvgIpc) is 2.33. The first-order chi connectivity index (χ1) is 8.56. The Morgan fingerprint density at radius 1 is 1.56 bits per heavy atom. The molecule has 0 aromatic heterocycles. The maximum absolute atomic E-state index is 12.9. The molecule has 98 valence electrons. The largest absolute Gasteiger partial charge is 0.369 e. The van der Waals surface area contributed by atoms with Crippen molar-refractivity contribution < 1.29 is 9.18 Å². The Morgan fingerprint density at radius 2 is 2.33 bits per heavy atom. The highest BCUT2D eigenvalue weighted by atomic mass is 35.5. The van der Waals surface area contributed by atoms with Gasteiger partial charge in [0.25, 0.3) is 0 Å². The number of halogens is 2. The second-order valence-corrected chi connectivity index (χ2v) is 5.12. The quantitative estimate of drug-likeness (QED) is 0.915. The maximum atomic E-state index is 12.9. The van der Waals surface area contributed by atoms with Crippen molar-refractivity contribution in [3.63, 3.8) is 0 Å². The lowest BCUT2D eigenvalue weighted by molar-refractivity contribution is -0.123. The number of hydrogen-bond acceptors (Lipinski definition) is 2. The Kier molecular flexibility index (Phi) is 4.19. The molecule has 0 radical (unpaired) electrons. The van der Waals surface area contributed by atoms with Gasteiger partial charge < -0.3 is 5.73 Å². The number of likely N-dealkylation sites (tertiary alicyclic amines) is 1. The van der Waals surface area contributed by atoms with E-state index in [0.29, 0.717) is 18.1 Å². The van der Waals surface area contributed by atoms with Crippen LogP contribution in [-0.4, -0.2) is 23.9 Å². The third-order valence-electron chi connectivity index (χ3n) is 3.32. The van der Waals surface area contributed by atoms with Gasteiger partial charge in [-0.1, -0.05) is 17.7 Å². The minimum Gasteiger partial charge on any atom is -0.369 e. The molecule has 0 saturated carbocycles. The monoisotopic (exact) mass is 270 g/mol. The minimum absolute atomic E-state index is 0.0852. The second-order valence-electron chi connectivity index (χ2n) is 4.71. The van der Waals surface area contributed by atoms with Gasteiger partial charge in [-0.15, -0.1) is 0 Å². The molecule has 0 spiro atoms. The predicted molar refractivity (Wildman–Crippen MR) is 68.6 cm³/mol. The lowest BCUT2D eigenvalue weighted by Gasteiger charge is -2.31. The topological polar surface area (TPSA) is 46.3 Å². The van der Waals surface area contributed by atoms with Crippen LogP contribution >= 0.6 is 11.6 Å². The van der Waals surface area contributed by atoms with Crippen LogP contribution in [0, 0.1) is 11.7 Å². The molecule has 2 N–H and O–H groups in total. The van der Waals surface area contributed by atoms with E-state index in [4.69, 9.17) is 17.3 Å². The molecule has 1 fully saturated rings. The number of nitrogens with two attached hydrogens (primary N) is 1. The number of carbonyl (C=O) groups is 1. The highest BCUT2D eigenvalue weighted by molar-refractivity contribution is 6.31. The standard InChI is InChI=1S/C13H16ClFN2O/c14-12-6-11(15)4-3-9(12)7-17-5-1-2-10(8-17)13(16)18/h3-4,6,10H,1-2,5,7-8H2,(H2,16,18)/t10-/m0/s1. The lowest BCUT2D eigenvalue weighted by atomic mass is 9.97. The van der Waals surface area contributed by atoms with Gasteiger partial charge in [0.1, 0.15) is 5.82 Å². The molecule has 1 saturated heterocycles. The van der Waals surface area contributed by atoms with E-state index in [2.05, 4.69) is 4.90 Å². The summed E-state index contributed by atoms with van der Waals surface area (Å²) in [5.74, 6) is -0.666. The van der Waals surface area contributed by atoms with Gasteiger partial charge in [0.2, 0.25) is 5.91 Å². The van der Waals surface area contributed by atoms with Crippen LogP contribution in [0.15, 0.2) is 18.2 Å². The zero-order chi connectivity index (χ0) is 13.1. The Balaban J connectivity index is 2.02. The molecule has 5 heteroatoms. The van der Waals surface area contributed by atoms with Crippen LogP contribution in [0.3, 0.4) is 0 Å². The SMILES string of the molecule is NC(=O)[C@H]1CCCN(Cc2ccc(F)cc2Cl)C1. The molecule has 1 aliphatic rings. The van der Waals surface area contributed by atoms with E-state index in [-0.39, 0.29) is 17.6 Å². The molecular formula is C13H16ClFN2O. The van der Waals surface area contributed by atoms with E-state index in [9.17, 15) is 9.18 Å². The third-order valence-corrected chi connectivity index (χ3v) is 3.67. The molecule has 1 amide bonds. The summed E-state index contributed by atoms with van der Waals surface area (Å²) in [5, 5.41) is 0.427. The lowest BCUT2D eigenvalue weighted by Crippen LogP contribution is -2.40. The van der Waals surface area contributed by atoms with Crippen LogP contribution < -0.4 is 5.73 Å². The summed E-state index contributed by atoms with van der Waals surface area (Å²) in [7, 11) is 0. The summed E-state index contributed by atoms with van der Waals surface area (Å²) in [6, 6.07) is 4.40. The van der Waals surface area contributed by atoms with Crippen LogP contribution in [0.4, 0.5) is 4.39 Å². The normalized spacial score (nSPS) is 20.9. The highest BCUT2D eigenvalue weighted by Gasteiger charge is 2.24. The van der Waals surface area contributed by atoms with Crippen molar-refractivity contribution in [3.8, 4) is 0 Å². The summed E-state index contributed by atoms with van der Waals surface area (Å²) in [6.45, 7) is 2.20. The van der Waals surface area contributed by atoms with Crippen LogP contribution in [-0.2, 0) is 11.3 Å². The summed E-state index contributed by atoms with van der Waals surface area (Å²) in [5.41, 5.74) is 6.21. The molecule has 0 aliphatic carbocycles. The van der Waals surface area contributed by atoms with Gasteiger partial charge in [-0.25, -0.2) is 4.39 Å². The molecule has 2 rings (SSSR count). The fraction of sp³-hybridized carbons (Fsp3) is 0.462. The van der Waals surface area contributed by atoms with Crippen molar-refractivity contribution in [2.45, 2.75) is 19.4 Å². The fourth-order valence-electron chi connectivity index (χ4n) is 2.32. The Labute approximate surface area is 111 Å². The number of amides is 1. The molecular weight excluding hydrogens is 255 g/mol. The zero-order valence-electron chi connectivity index (χ0n) is 10.0. The summed E-state index contributed by atoms with van der Waals surface area (Å²) in [4.78, 5) is 13.3. The van der Waals surface area contributed by atoms with E-state index < -0.39 is 0 Å². The number of primary amides is 1. The van der Waals surface area contributed by atoms with Gasteiger partial charge in [-0.3, -0.25) is 9.69 Å². The van der Waals surface area contributed by atoms with Gasteiger partial charge in [0.05, 0.1) is 5.92 Å². The van der Waals surface area contributed by atoms with Gasteiger partial charge in [-0.2, -0.15) is 0 Å². The van der Waals surface area contributed by atoms with Crippen molar-refractivity contribution in [2.75, 3.05) is 13.1 Å². The first-order valence-corrected chi connectivity index (χ1v) is 6.39. The van der Waals surface area contributed by atoms with Crippen molar-refractivity contribution in [1.29, 1.82) is 0 Å². The average molecular weight is 271 g/mol. The first kappa shape index (κ1) is 13.3. The number of rotatable bonds is 3. The number of piperidine rings is 1. The minimum atomic E-state index is -0.336. The molecule has 1 aromatic rings. The Morgan fingerprint density at radius 3 is 3.00 bits per heavy atom. The fourth-order valence-corrected chi connectivity index (χ4v) is 2.55. The molecule has 1 aromatic carbocycles. The molecule has 3 nitrogen and oxygen atoms in total. The summed E-state index contributed by atoms with van der Waals surface area (Å²) >= 11 is 5.99. The third kappa shape index (κ3) is 3.21. The number of benzene rings is 1.